The molecule has 0 radical (unpaired) electrons. The van der Waals surface area contributed by atoms with Gasteiger partial charge in [0, 0.05) is 46.6 Å². The number of aliphatic hydroxyl groups is 1. The van der Waals surface area contributed by atoms with Gasteiger partial charge in [-0.2, -0.15) is 4.58 Å². The summed E-state index contributed by atoms with van der Waals surface area (Å²) in [6, 6.07) is 25.1. The third kappa shape index (κ3) is 5.93. The molecular weight excluding hydrogens is 684 g/mol. The number of nitrogens with zero attached hydrogens (tertiary/aromatic N) is 2. The van der Waals surface area contributed by atoms with Crippen molar-refractivity contribution >= 4 is 34.8 Å². The van der Waals surface area contributed by atoms with Crippen molar-refractivity contribution < 1.29 is 43.8 Å². The van der Waals surface area contributed by atoms with Crippen LogP contribution in [0.4, 0.5) is 11.4 Å². The maximum atomic E-state index is 14.1. The second kappa shape index (κ2) is 13.2. The highest BCUT2D eigenvalue weighted by molar-refractivity contribution is 6.24. The normalized spacial score (nSPS) is 18.2. The zero-order chi connectivity index (χ0) is 38.7. The molecule has 1 aliphatic carbocycles. The summed E-state index contributed by atoms with van der Waals surface area (Å²) in [7, 11) is 3.22. The Balaban J connectivity index is 1.31. The van der Waals surface area contributed by atoms with E-state index in [2.05, 4.69) is 37.2 Å². The van der Waals surface area contributed by atoms with Crippen molar-refractivity contribution in [1.82, 2.24) is 0 Å². The van der Waals surface area contributed by atoms with E-state index in [9.17, 15) is 29.7 Å². The average Bonchev–Trinajstić information content (AvgIpc) is 3.49. The molecule has 274 valence electrons. The van der Waals surface area contributed by atoms with E-state index in [0.29, 0.717) is 24.6 Å². The second-order valence-electron chi connectivity index (χ2n) is 14.8. The van der Waals surface area contributed by atoms with Crippen LogP contribution in [-0.4, -0.2) is 57.5 Å². The molecule has 0 saturated carbocycles. The summed E-state index contributed by atoms with van der Waals surface area (Å²) in [6.45, 7) is 9.04. The minimum Gasteiger partial charge on any atom is -0.506 e. The number of aliphatic hydroxyl groups excluding tert-OH is 1. The molecule has 0 saturated heterocycles. The Hall–Kier alpha value is -6.42. The van der Waals surface area contributed by atoms with Crippen molar-refractivity contribution in [3.63, 3.8) is 0 Å². The van der Waals surface area contributed by atoms with Crippen molar-refractivity contribution in [1.29, 1.82) is 0 Å². The number of carboxylic acids is 2. The summed E-state index contributed by atoms with van der Waals surface area (Å²) in [5.74, 6) is -1.02. The maximum absolute atomic E-state index is 14.1. The first kappa shape index (κ1) is 36.0. The first-order valence-corrected chi connectivity index (χ1v) is 17.5. The van der Waals surface area contributed by atoms with Crippen molar-refractivity contribution in [3.8, 4) is 11.5 Å². The van der Waals surface area contributed by atoms with Crippen LogP contribution in [0.15, 0.2) is 120 Å². The molecule has 0 bridgehead atoms. The Labute approximate surface area is 313 Å². The van der Waals surface area contributed by atoms with Crippen molar-refractivity contribution in [2.24, 2.45) is 0 Å². The van der Waals surface area contributed by atoms with E-state index in [-0.39, 0.29) is 33.8 Å². The molecule has 0 unspecified atom stereocenters. The number of hydrogen-bond acceptors (Lipinski definition) is 7. The van der Waals surface area contributed by atoms with Crippen LogP contribution in [0.25, 0.3) is 0 Å². The van der Waals surface area contributed by atoms with Crippen LogP contribution in [0.3, 0.4) is 0 Å². The van der Waals surface area contributed by atoms with Crippen LogP contribution < -0.4 is 14.4 Å². The van der Waals surface area contributed by atoms with Gasteiger partial charge in [-0.25, -0.2) is 9.59 Å². The minimum absolute atomic E-state index is 0.106. The number of benzene rings is 4. The van der Waals surface area contributed by atoms with Crippen LogP contribution in [0, 0.1) is 0 Å². The molecule has 0 fully saturated rings. The fraction of sp³-hybridized carbons (Fsp3) is 0.227. The first-order chi connectivity index (χ1) is 25.6. The number of methoxy groups -OCH3 is 2. The smallest absolute Gasteiger partial charge is 0.335 e. The number of ether oxygens (including phenoxy) is 2. The molecular formula is C44H41N2O8+. The SMILES string of the molecule is COc1ccc2c(c1)C(C)(C)C(/C=C1/C(=O)C(/C=C3/N(Cc4ccc(C(=O)O)cc4)c4ccc(OC)cc4C3(C)C)=C1O)=[N+]2Cc1ccc(C(=O)O)cc1. The molecule has 4 aromatic rings. The lowest BCUT2D eigenvalue weighted by molar-refractivity contribution is -0.455. The molecule has 2 aliphatic heterocycles. The van der Waals surface area contributed by atoms with Crippen LogP contribution in [0.2, 0.25) is 0 Å². The van der Waals surface area contributed by atoms with E-state index < -0.39 is 22.8 Å². The van der Waals surface area contributed by atoms with Gasteiger partial charge >= 0.3 is 11.9 Å². The zero-order valence-corrected chi connectivity index (χ0v) is 30.9. The molecule has 4 aromatic carbocycles. The van der Waals surface area contributed by atoms with Crippen LogP contribution >= 0.6 is 0 Å². The third-order valence-electron chi connectivity index (χ3n) is 10.8. The number of aromatic carboxylic acids is 2. The van der Waals surface area contributed by atoms with Crippen molar-refractivity contribution in [2.75, 3.05) is 19.1 Å². The van der Waals surface area contributed by atoms with Gasteiger partial charge in [-0.1, -0.05) is 38.1 Å². The molecule has 7 rings (SSSR count). The number of anilines is 1. The number of Topliss-reactive ketones (excluding diaryl/α,β-unsaturated/α-hetero) is 1. The molecule has 2 heterocycles. The van der Waals surface area contributed by atoms with Gasteiger partial charge in [0.2, 0.25) is 11.5 Å². The first-order valence-electron chi connectivity index (χ1n) is 17.5. The van der Waals surface area contributed by atoms with Crippen molar-refractivity contribution in [2.45, 2.75) is 51.6 Å². The quantitative estimate of drug-likeness (QED) is 0.110. The molecule has 0 aromatic heterocycles. The monoisotopic (exact) mass is 725 g/mol. The van der Waals surface area contributed by atoms with E-state index >= 15 is 0 Å². The Morgan fingerprint density at radius 2 is 1.30 bits per heavy atom. The second-order valence-corrected chi connectivity index (χ2v) is 14.8. The summed E-state index contributed by atoms with van der Waals surface area (Å²) in [5.41, 5.74) is 6.74. The Kier molecular flexibility index (Phi) is 8.80. The van der Waals surface area contributed by atoms with Crippen molar-refractivity contribution in [3.05, 3.63) is 153 Å². The fourth-order valence-corrected chi connectivity index (χ4v) is 7.68. The number of carbonyl (C=O) groups is 3. The number of hydrogen-bond donors (Lipinski definition) is 3. The largest absolute Gasteiger partial charge is 0.506 e. The molecule has 3 N–H and O–H groups in total. The summed E-state index contributed by atoms with van der Waals surface area (Å²) >= 11 is 0. The number of allylic oxidation sites excluding steroid dienone is 5. The summed E-state index contributed by atoms with van der Waals surface area (Å²) in [6.07, 6.45) is 3.53. The number of rotatable bonds is 10. The Morgan fingerprint density at radius 1 is 0.741 bits per heavy atom. The fourth-order valence-electron chi connectivity index (χ4n) is 7.68. The lowest BCUT2D eigenvalue weighted by Gasteiger charge is -2.29. The highest BCUT2D eigenvalue weighted by Gasteiger charge is 2.48. The Morgan fingerprint density at radius 3 is 1.85 bits per heavy atom. The summed E-state index contributed by atoms with van der Waals surface area (Å²) in [5, 5.41) is 30.5. The molecule has 10 nitrogen and oxygen atoms in total. The number of carbonyl (C=O) groups excluding carboxylic acids is 1. The third-order valence-corrected chi connectivity index (χ3v) is 10.8. The standard InChI is InChI=1S/C44H40N2O8/c1-43(2)33-19-29(53-5)15-17-35(33)45(23-25-7-11-27(12-8-25)41(49)50)37(43)21-31-39(47)32(40(31)48)22-38-44(3,4)34-20-30(54-6)16-18-36(34)46(38)24-26-9-13-28(14-10-26)42(51)52/h7-22H,23-24H2,1-6H3,(H2-,47,48,49,50,51,52)/p+1. The maximum Gasteiger partial charge on any atom is 0.335 e. The molecule has 0 amide bonds. The van der Waals surface area contributed by atoms with E-state index in [0.717, 1.165) is 45.0 Å². The van der Waals surface area contributed by atoms with E-state index in [1.165, 1.54) is 0 Å². The highest BCUT2D eigenvalue weighted by Crippen LogP contribution is 2.51. The van der Waals surface area contributed by atoms with E-state index in [1.807, 2.05) is 36.4 Å². The molecule has 54 heavy (non-hydrogen) atoms. The van der Waals surface area contributed by atoms with Gasteiger partial charge < -0.3 is 29.7 Å². The van der Waals surface area contributed by atoms with Crippen LogP contribution in [-0.2, 0) is 28.7 Å². The van der Waals surface area contributed by atoms with E-state index in [1.54, 1.807) is 74.9 Å². The number of fused-ring (bicyclic) bond motifs is 2. The van der Waals surface area contributed by atoms with Crippen LogP contribution in [0.1, 0.15) is 70.7 Å². The molecule has 0 spiro atoms. The predicted octanol–water partition coefficient (Wildman–Crippen LogP) is 7.88. The van der Waals surface area contributed by atoms with Gasteiger partial charge in [0.15, 0.2) is 12.3 Å². The lowest BCUT2D eigenvalue weighted by Crippen LogP contribution is -2.32. The Bertz CT molecular complexity index is 2380. The summed E-state index contributed by atoms with van der Waals surface area (Å²) in [4.78, 5) is 39.2. The molecule has 0 atom stereocenters. The number of ketones is 1. The van der Waals surface area contributed by atoms with Crippen LogP contribution in [0.5, 0.6) is 11.5 Å². The summed E-state index contributed by atoms with van der Waals surface area (Å²) < 4.78 is 13.2. The molecule has 3 aliphatic rings. The van der Waals surface area contributed by atoms with Gasteiger partial charge in [-0.3, -0.25) is 4.79 Å². The zero-order valence-electron chi connectivity index (χ0n) is 30.9. The van der Waals surface area contributed by atoms with Gasteiger partial charge in [-0.15, -0.1) is 0 Å². The topological polar surface area (TPSA) is 137 Å². The van der Waals surface area contributed by atoms with Gasteiger partial charge in [-0.05, 0) is 85.6 Å². The minimum atomic E-state index is -1.00. The highest BCUT2D eigenvalue weighted by atomic mass is 16.5. The average molecular weight is 726 g/mol. The molecule has 10 heteroatoms. The van der Waals surface area contributed by atoms with E-state index in [4.69, 9.17) is 9.47 Å². The van der Waals surface area contributed by atoms with Gasteiger partial charge in [0.25, 0.3) is 0 Å². The lowest BCUT2D eigenvalue weighted by atomic mass is 9.77. The number of carboxylic acid groups (broad SMARTS) is 2. The van der Waals surface area contributed by atoms with Gasteiger partial charge in [0.1, 0.15) is 17.3 Å². The van der Waals surface area contributed by atoms with Gasteiger partial charge in [0.05, 0.1) is 41.9 Å². The predicted molar refractivity (Wildman–Crippen MR) is 204 cm³/mol.